The Morgan fingerprint density at radius 2 is 2.08 bits per heavy atom. The van der Waals surface area contributed by atoms with Gasteiger partial charge in [-0.3, -0.25) is 0 Å². The Morgan fingerprint density at radius 1 is 1.33 bits per heavy atom. The molecule has 0 aliphatic carbocycles. The van der Waals surface area contributed by atoms with Gasteiger partial charge in [0.15, 0.2) is 0 Å². The van der Waals surface area contributed by atoms with Crippen LogP contribution in [0, 0.1) is 5.92 Å². The van der Waals surface area contributed by atoms with E-state index in [-0.39, 0.29) is 0 Å². The van der Waals surface area contributed by atoms with E-state index in [2.05, 4.69) is 19.2 Å². The highest BCUT2D eigenvalue weighted by Gasteiger charge is 1.92. The van der Waals surface area contributed by atoms with Gasteiger partial charge < -0.3 is 10.1 Å². The second-order valence-corrected chi connectivity index (χ2v) is 3.25. The maximum absolute atomic E-state index is 5.39. The summed E-state index contributed by atoms with van der Waals surface area (Å²) in [7, 11) is 0. The predicted octanol–water partition coefficient (Wildman–Crippen LogP) is 2.17. The van der Waals surface area contributed by atoms with E-state index in [4.69, 9.17) is 4.74 Å². The molecule has 0 radical (unpaired) electrons. The van der Waals surface area contributed by atoms with Crippen molar-refractivity contribution in [1.82, 2.24) is 5.32 Å². The summed E-state index contributed by atoms with van der Waals surface area (Å²) in [6.45, 7) is 9.00. The summed E-state index contributed by atoms with van der Waals surface area (Å²) in [5, 5.41) is 3.12. The van der Waals surface area contributed by atoms with Crippen LogP contribution in [-0.4, -0.2) is 19.8 Å². The smallest absolute Gasteiger partial charge is 0.0638 e. The fraction of sp³-hybridized carbons (Fsp3) is 0.800. The second-order valence-electron chi connectivity index (χ2n) is 3.25. The van der Waals surface area contributed by atoms with Gasteiger partial charge in [-0.2, -0.15) is 0 Å². The molecule has 0 bridgehead atoms. The molecule has 72 valence electrons. The third-order valence-corrected chi connectivity index (χ3v) is 1.51. The van der Waals surface area contributed by atoms with Crippen molar-refractivity contribution in [2.45, 2.75) is 27.2 Å². The van der Waals surface area contributed by atoms with Crippen LogP contribution in [0.1, 0.15) is 27.2 Å². The number of ether oxygens (including phenoxy) is 1. The van der Waals surface area contributed by atoms with Gasteiger partial charge in [0.2, 0.25) is 0 Å². The molecule has 2 nitrogen and oxygen atoms in total. The number of nitrogens with one attached hydrogen (secondary N) is 1. The number of hydrogen-bond acceptors (Lipinski definition) is 2. The molecule has 0 aromatic heterocycles. The first-order valence-electron chi connectivity index (χ1n) is 4.69. The van der Waals surface area contributed by atoms with Crippen molar-refractivity contribution in [2.75, 3.05) is 19.8 Å². The summed E-state index contributed by atoms with van der Waals surface area (Å²) in [6, 6.07) is 0. The van der Waals surface area contributed by atoms with Crippen molar-refractivity contribution in [1.29, 1.82) is 0 Å². The van der Waals surface area contributed by atoms with Gasteiger partial charge in [-0.25, -0.2) is 0 Å². The number of rotatable bonds is 7. The minimum absolute atomic E-state index is 0.744. The van der Waals surface area contributed by atoms with Crippen molar-refractivity contribution in [3.63, 3.8) is 0 Å². The van der Waals surface area contributed by atoms with Crippen molar-refractivity contribution in [3.8, 4) is 0 Å². The number of hydrogen-bond donors (Lipinski definition) is 1. The molecule has 0 aromatic rings. The van der Waals surface area contributed by atoms with Gasteiger partial charge >= 0.3 is 0 Å². The van der Waals surface area contributed by atoms with Crippen LogP contribution in [0.25, 0.3) is 0 Å². The fourth-order valence-corrected chi connectivity index (χ4v) is 0.753. The van der Waals surface area contributed by atoms with Crippen molar-refractivity contribution in [3.05, 3.63) is 12.3 Å². The Morgan fingerprint density at radius 3 is 2.67 bits per heavy atom. The largest absolute Gasteiger partial charge is 0.389 e. The molecule has 0 aromatic carbocycles. The Bertz CT molecular complexity index is 110. The molecule has 0 fully saturated rings. The molecule has 0 amide bonds. The normalized spacial score (nSPS) is 11.3. The quantitative estimate of drug-likeness (QED) is 0.593. The molecule has 0 atom stereocenters. The van der Waals surface area contributed by atoms with E-state index >= 15 is 0 Å². The molecular weight excluding hydrogens is 150 g/mol. The molecule has 0 saturated carbocycles. The van der Waals surface area contributed by atoms with Crippen LogP contribution < -0.4 is 5.32 Å². The highest BCUT2D eigenvalue weighted by molar-refractivity contribution is 4.73. The Labute approximate surface area is 76.0 Å². The lowest BCUT2D eigenvalue weighted by Gasteiger charge is -2.05. The SMILES string of the molecule is C/C=C/NCCOCCC(C)C. The van der Waals surface area contributed by atoms with Gasteiger partial charge in [0.25, 0.3) is 0 Å². The van der Waals surface area contributed by atoms with E-state index in [1.807, 2.05) is 19.2 Å². The third-order valence-electron chi connectivity index (χ3n) is 1.51. The second kappa shape index (κ2) is 8.60. The average molecular weight is 171 g/mol. The van der Waals surface area contributed by atoms with Crippen molar-refractivity contribution in [2.24, 2.45) is 5.92 Å². The predicted molar refractivity (Wildman–Crippen MR) is 53.1 cm³/mol. The van der Waals surface area contributed by atoms with E-state index in [1.54, 1.807) is 0 Å². The van der Waals surface area contributed by atoms with Crippen LogP contribution in [-0.2, 0) is 4.74 Å². The minimum atomic E-state index is 0.744. The fourth-order valence-electron chi connectivity index (χ4n) is 0.753. The molecular formula is C10H21NO. The molecule has 0 spiro atoms. The van der Waals surface area contributed by atoms with Gasteiger partial charge in [0.05, 0.1) is 6.61 Å². The van der Waals surface area contributed by atoms with Gasteiger partial charge in [-0.05, 0) is 25.5 Å². The Balaban J connectivity index is 2.91. The zero-order valence-electron chi connectivity index (χ0n) is 8.47. The first kappa shape index (κ1) is 11.5. The van der Waals surface area contributed by atoms with Gasteiger partial charge in [-0.1, -0.05) is 19.9 Å². The molecule has 1 N–H and O–H groups in total. The molecule has 0 aliphatic heterocycles. The monoisotopic (exact) mass is 171 g/mol. The molecule has 0 rings (SSSR count). The zero-order valence-corrected chi connectivity index (χ0v) is 8.47. The van der Waals surface area contributed by atoms with Crippen LogP contribution >= 0.6 is 0 Å². The van der Waals surface area contributed by atoms with Crippen LogP contribution in [0.3, 0.4) is 0 Å². The molecule has 0 unspecified atom stereocenters. The maximum atomic E-state index is 5.39. The first-order valence-corrected chi connectivity index (χ1v) is 4.69. The summed E-state index contributed by atoms with van der Waals surface area (Å²) < 4.78 is 5.39. The minimum Gasteiger partial charge on any atom is -0.389 e. The summed E-state index contributed by atoms with van der Waals surface area (Å²) in [5.41, 5.74) is 0. The van der Waals surface area contributed by atoms with Crippen molar-refractivity contribution < 1.29 is 4.74 Å². The van der Waals surface area contributed by atoms with Crippen molar-refractivity contribution >= 4 is 0 Å². The van der Waals surface area contributed by atoms with Crippen LogP contribution in [0.15, 0.2) is 12.3 Å². The highest BCUT2D eigenvalue weighted by atomic mass is 16.5. The average Bonchev–Trinajstić information content (AvgIpc) is 2.02. The van der Waals surface area contributed by atoms with E-state index in [9.17, 15) is 0 Å². The first-order chi connectivity index (χ1) is 5.77. The van der Waals surface area contributed by atoms with E-state index in [0.717, 1.165) is 32.1 Å². The lowest BCUT2D eigenvalue weighted by atomic mass is 10.1. The zero-order chi connectivity index (χ0) is 9.23. The molecule has 0 heterocycles. The molecule has 12 heavy (non-hydrogen) atoms. The topological polar surface area (TPSA) is 21.3 Å². The van der Waals surface area contributed by atoms with Gasteiger partial charge in [-0.15, -0.1) is 0 Å². The maximum Gasteiger partial charge on any atom is 0.0638 e. The lowest BCUT2D eigenvalue weighted by molar-refractivity contribution is 0.127. The van der Waals surface area contributed by atoms with Gasteiger partial charge in [0.1, 0.15) is 0 Å². The van der Waals surface area contributed by atoms with Crippen LogP contribution in [0.2, 0.25) is 0 Å². The highest BCUT2D eigenvalue weighted by Crippen LogP contribution is 1.97. The summed E-state index contributed by atoms with van der Waals surface area (Å²) in [4.78, 5) is 0. The summed E-state index contributed by atoms with van der Waals surface area (Å²) >= 11 is 0. The lowest BCUT2D eigenvalue weighted by Crippen LogP contribution is -2.14. The molecule has 0 saturated heterocycles. The van der Waals surface area contributed by atoms with Gasteiger partial charge in [0, 0.05) is 13.2 Å². The molecule has 2 heteroatoms. The summed E-state index contributed by atoms with van der Waals surface area (Å²) in [6.07, 6.45) is 5.07. The Hall–Kier alpha value is -0.500. The molecule has 0 aliphatic rings. The summed E-state index contributed by atoms with van der Waals surface area (Å²) in [5.74, 6) is 0.744. The van der Waals surface area contributed by atoms with Crippen LogP contribution in [0.4, 0.5) is 0 Å². The third kappa shape index (κ3) is 9.50. The van der Waals surface area contributed by atoms with Crippen LogP contribution in [0.5, 0.6) is 0 Å². The standard InChI is InChI=1S/C10H21NO/c1-4-6-11-7-9-12-8-5-10(2)3/h4,6,10-11H,5,7-9H2,1-3H3/b6-4+. The van der Waals surface area contributed by atoms with E-state index in [0.29, 0.717) is 0 Å². The van der Waals surface area contributed by atoms with E-state index < -0.39 is 0 Å². The van der Waals surface area contributed by atoms with E-state index in [1.165, 1.54) is 0 Å². The Kier molecular flexibility index (Phi) is 8.24. The number of allylic oxidation sites excluding steroid dienone is 1.